The summed E-state index contributed by atoms with van der Waals surface area (Å²) in [5.74, 6) is -0.0430. The molecule has 1 aliphatic carbocycles. The Morgan fingerprint density at radius 3 is 2.83 bits per heavy atom. The molecular formula is C15H20O2S. The Labute approximate surface area is 113 Å². The van der Waals surface area contributed by atoms with Gasteiger partial charge in [0.05, 0.1) is 5.56 Å². The minimum absolute atomic E-state index is 0.457. The van der Waals surface area contributed by atoms with Gasteiger partial charge in [0.15, 0.2) is 0 Å². The Morgan fingerprint density at radius 2 is 2.17 bits per heavy atom. The van der Waals surface area contributed by atoms with Crippen LogP contribution in [-0.4, -0.2) is 16.3 Å². The van der Waals surface area contributed by atoms with Gasteiger partial charge in [0.25, 0.3) is 0 Å². The summed E-state index contributed by atoms with van der Waals surface area (Å²) in [4.78, 5) is 12.2. The van der Waals surface area contributed by atoms with E-state index in [4.69, 9.17) is 0 Å². The van der Waals surface area contributed by atoms with E-state index in [2.05, 4.69) is 6.92 Å². The summed E-state index contributed by atoms with van der Waals surface area (Å²) in [5.41, 5.74) is 1.54. The van der Waals surface area contributed by atoms with Gasteiger partial charge in [0.2, 0.25) is 0 Å². The van der Waals surface area contributed by atoms with Gasteiger partial charge in [-0.2, -0.15) is 0 Å². The largest absolute Gasteiger partial charge is 0.478 e. The van der Waals surface area contributed by atoms with Gasteiger partial charge in [-0.05, 0) is 37.3 Å². The van der Waals surface area contributed by atoms with Crippen LogP contribution in [0.1, 0.15) is 48.5 Å². The predicted molar refractivity (Wildman–Crippen MR) is 75.4 cm³/mol. The minimum Gasteiger partial charge on any atom is -0.478 e. The maximum atomic E-state index is 11.3. The van der Waals surface area contributed by atoms with E-state index in [1.165, 1.54) is 25.7 Å². The average molecular weight is 264 g/mol. The lowest BCUT2D eigenvalue weighted by Gasteiger charge is -2.27. The Bertz CT molecular complexity index is 442. The molecule has 1 N–H and O–H groups in total. The molecule has 0 amide bonds. The topological polar surface area (TPSA) is 37.3 Å². The Kier molecular flexibility index (Phi) is 4.33. The van der Waals surface area contributed by atoms with E-state index in [1.54, 1.807) is 17.8 Å². The Hall–Kier alpha value is -0.960. The van der Waals surface area contributed by atoms with Crippen LogP contribution in [-0.2, 0) is 0 Å². The number of carboxylic acid groups (broad SMARTS) is 1. The van der Waals surface area contributed by atoms with Crippen molar-refractivity contribution in [3.8, 4) is 0 Å². The van der Waals surface area contributed by atoms with Gasteiger partial charge in [-0.25, -0.2) is 4.79 Å². The molecule has 1 fully saturated rings. The molecule has 0 spiro atoms. The van der Waals surface area contributed by atoms with E-state index >= 15 is 0 Å². The number of aromatic carboxylic acids is 1. The van der Waals surface area contributed by atoms with E-state index in [9.17, 15) is 9.90 Å². The Morgan fingerprint density at radius 1 is 1.39 bits per heavy atom. The summed E-state index contributed by atoms with van der Waals surface area (Å²) < 4.78 is 0. The first kappa shape index (κ1) is 13.5. The average Bonchev–Trinajstić information content (AvgIpc) is 2.31. The highest BCUT2D eigenvalue weighted by Gasteiger charge is 2.22. The van der Waals surface area contributed by atoms with Crippen molar-refractivity contribution in [2.75, 3.05) is 0 Å². The van der Waals surface area contributed by atoms with Crippen LogP contribution < -0.4 is 0 Å². The molecule has 98 valence electrons. The summed E-state index contributed by atoms with van der Waals surface area (Å²) in [6.45, 7) is 4.30. The summed E-state index contributed by atoms with van der Waals surface area (Å²) >= 11 is 1.77. The monoisotopic (exact) mass is 264 g/mol. The molecule has 2 nitrogen and oxygen atoms in total. The molecule has 0 saturated heterocycles. The molecule has 0 radical (unpaired) electrons. The fourth-order valence-corrected chi connectivity index (χ4v) is 4.21. The summed E-state index contributed by atoms with van der Waals surface area (Å²) in [5, 5.41) is 9.84. The molecule has 1 saturated carbocycles. The third-order valence-electron chi connectivity index (χ3n) is 3.62. The number of benzene rings is 1. The fourth-order valence-electron chi connectivity index (χ4n) is 2.63. The molecule has 1 aliphatic rings. The maximum Gasteiger partial charge on any atom is 0.336 e. The van der Waals surface area contributed by atoms with Crippen LogP contribution in [0, 0.1) is 12.8 Å². The number of thioether (sulfide) groups is 1. The third kappa shape index (κ3) is 3.08. The SMILES string of the molecule is Cc1cccc(C(=O)O)c1SC1CCCC(C)C1. The van der Waals surface area contributed by atoms with Crippen molar-refractivity contribution in [2.24, 2.45) is 5.92 Å². The third-order valence-corrected chi connectivity index (χ3v) is 5.15. The highest BCUT2D eigenvalue weighted by Crippen LogP contribution is 2.38. The molecule has 0 heterocycles. The number of rotatable bonds is 3. The van der Waals surface area contributed by atoms with Gasteiger partial charge in [-0.15, -0.1) is 11.8 Å². The summed E-state index contributed by atoms with van der Waals surface area (Å²) in [6, 6.07) is 5.54. The molecule has 0 aromatic heterocycles. The molecule has 1 aromatic rings. The van der Waals surface area contributed by atoms with Gasteiger partial charge < -0.3 is 5.11 Å². The zero-order chi connectivity index (χ0) is 13.1. The van der Waals surface area contributed by atoms with Crippen LogP contribution in [0.3, 0.4) is 0 Å². The molecule has 2 rings (SSSR count). The number of hydrogen-bond acceptors (Lipinski definition) is 2. The lowest BCUT2D eigenvalue weighted by atomic mass is 9.91. The number of aryl methyl sites for hydroxylation is 1. The second-order valence-electron chi connectivity index (χ2n) is 5.27. The normalized spacial score (nSPS) is 23.9. The maximum absolute atomic E-state index is 11.3. The molecule has 1 aromatic carbocycles. The van der Waals surface area contributed by atoms with E-state index in [1.807, 2.05) is 19.1 Å². The molecule has 18 heavy (non-hydrogen) atoms. The number of carbonyl (C=O) groups is 1. The predicted octanol–water partition coefficient (Wildman–Crippen LogP) is 4.36. The molecule has 3 heteroatoms. The first-order chi connectivity index (χ1) is 8.58. The number of hydrogen-bond donors (Lipinski definition) is 1. The Balaban J connectivity index is 2.20. The van der Waals surface area contributed by atoms with Crippen LogP contribution in [0.25, 0.3) is 0 Å². The van der Waals surface area contributed by atoms with Gasteiger partial charge in [0, 0.05) is 10.1 Å². The van der Waals surface area contributed by atoms with Gasteiger partial charge in [-0.1, -0.05) is 31.9 Å². The summed E-state index contributed by atoms with van der Waals surface area (Å²) in [7, 11) is 0. The van der Waals surface area contributed by atoms with Crippen LogP contribution >= 0.6 is 11.8 Å². The van der Waals surface area contributed by atoms with Crippen molar-refractivity contribution in [1.29, 1.82) is 0 Å². The smallest absolute Gasteiger partial charge is 0.336 e. The lowest BCUT2D eigenvalue weighted by molar-refractivity contribution is 0.0693. The molecule has 2 unspecified atom stereocenters. The highest BCUT2D eigenvalue weighted by atomic mass is 32.2. The standard InChI is InChI=1S/C15H20O2S/c1-10-5-3-7-12(9-10)18-14-11(2)6-4-8-13(14)15(16)17/h4,6,8,10,12H,3,5,7,9H2,1-2H3,(H,16,17). The molecular weight excluding hydrogens is 244 g/mol. The second kappa shape index (κ2) is 5.79. The molecule has 0 aliphatic heterocycles. The first-order valence-electron chi connectivity index (χ1n) is 6.57. The minimum atomic E-state index is -0.815. The van der Waals surface area contributed by atoms with Gasteiger partial charge in [-0.3, -0.25) is 0 Å². The van der Waals surface area contributed by atoms with Crippen LogP contribution in [0.15, 0.2) is 23.1 Å². The zero-order valence-corrected chi connectivity index (χ0v) is 11.8. The van der Waals surface area contributed by atoms with Crippen LogP contribution in [0.4, 0.5) is 0 Å². The van der Waals surface area contributed by atoms with Crippen molar-refractivity contribution in [2.45, 2.75) is 49.7 Å². The van der Waals surface area contributed by atoms with Gasteiger partial charge in [0.1, 0.15) is 0 Å². The van der Waals surface area contributed by atoms with Crippen LogP contribution in [0.2, 0.25) is 0 Å². The van der Waals surface area contributed by atoms with E-state index < -0.39 is 5.97 Å². The molecule has 0 bridgehead atoms. The van der Waals surface area contributed by atoms with E-state index in [0.29, 0.717) is 10.8 Å². The summed E-state index contributed by atoms with van der Waals surface area (Å²) in [6.07, 6.45) is 5.00. The molecule has 2 atom stereocenters. The highest BCUT2D eigenvalue weighted by molar-refractivity contribution is 8.00. The van der Waals surface area contributed by atoms with Crippen LogP contribution in [0.5, 0.6) is 0 Å². The van der Waals surface area contributed by atoms with Crippen molar-refractivity contribution in [3.63, 3.8) is 0 Å². The van der Waals surface area contributed by atoms with Crippen molar-refractivity contribution in [1.82, 2.24) is 0 Å². The van der Waals surface area contributed by atoms with Crippen molar-refractivity contribution < 1.29 is 9.90 Å². The zero-order valence-electron chi connectivity index (χ0n) is 11.0. The van der Waals surface area contributed by atoms with Gasteiger partial charge >= 0.3 is 5.97 Å². The first-order valence-corrected chi connectivity index (χ1v) is 7.45. The van der Waals surface area contributed by atoms with Crippen molar-refractivity contribution in [3.05, 3.63) is 29.3 Å². The quantitative estimate of drug-likeness (QED) is 0.881. The number of carboxylic acids is 1. The van der Waals surface area contributed by atoms with Crippen molar-refractivity contribution >= 4 is 17.7 Å². The lowest BCUT2D eigenvalue weighted by Crippen LogP contribution is -2.15. The second-order valence-corrected chi connectivity index (χ2v) is 6.58. The fraction of sp³-hybridized carbons (Fsp3) is 0.533. The van der Waals surface area contributed by atoms with E-state index in [0.717, 1.165) is 16.4 Å². The van der Waals surface area contributed by atoms with E-state index in [-0.39, 0.29) is 0 Å².